The summed E-state index contributed by atoms with van der Waals surface area (Å²) in [5.74, 6) is 0.402. The molecule has 1 unspecified atom stereocenters. The van der Waals surface area contributed by atoms with Crippen LogP contribution < -0.4 is 11.1 Å². The Labute approximate surface area is 98.8 Å². The van der Waals surface area contributed by atoms with Crippen molar-refractivity contribution in [3.8, 4) is 0 Å². The number of esters is 1. The summed E-state index contributed by atoms with van der Waals surface area (Å²) in [5.41, 5.74) is 6.24. The van der Waals surface area contributed by atoms with Crippen LogP contribution in [-0.2, 0) is 4.74 Å². The minimum Gasteiger partial charge on any atom is -0.465 e. The van der Waals surface area contributed by atoms with E-state index in [1.807, 2.05) is 0 Å². The fourth-order valence-electron chi connectivity index (χ4n) is 1.67. The molecule has 0 spiro atoms. The van der Waals surface area contributed by atoms with Gasteiger partial charge in [0.05, 0.1) is 17.8 Å². The van der Waals surface area contributed by atoms with Crippen LogP contribution in [0.2, 0.25) is 0 Å². The second-order valence-electron chi connectivity index (χ2n) is 4.16. The number of nitrogens with one attached hydrogen (secondary N) is 1. The fraction of sp³-hybridized carbons (Fsp3) is 0.545. The number of rotatable bonds is 4. The Morgan fingerprint density at radius 3 is 2.94 bits per heavy atom. The molecule has 1 fully saturated rings. The van der Waals surface area contributed by atoms with Crippen molar-refractivity contribution < 1.29 is 9.53 Å². The third-order valence-corrected chi connectivity index (χ3v) is 3.89. The van der Waals surface area contributed by atoms with E-state index in [4.69, 9.17) is 5.73 Å². The third-order valence-electron chi connectivity index (χ3n) is 2.83. The molecule has 16 heavy (non-hydrogen) atoms. The van der Waals surface area contributed by atoms with Gasteiger partial charge in [-0.2, -0.15) is 0 Å². The van der Waals surface area contributed by atoms with Crippen LogP contribution in [0.1, 0.15) is 29.4 Å². The predicted octanol–water partition coefficient (Wildman–Crippen LogP) is 2.33. The van der Waals surface area contributed by atoms with Crippen molar-refractivity contribution in [3.05, 3.63) is 10.9 Å². The first kappa shape index (κ1) is 11.3. The van der Waals surface area contributed by atoms with E-state index in [-0.39, 0.29) is 5.97 Å². The Kier molecular flexibility index (Phi) is 3.05. The number of hydrogen-bond acceptors (Lipinski definition) is 5. The Morgan fingerprint density at radius 2 is 2.38 bits per heavy atom. The molecule has 0 aliphatic heterocycles. The summed E-state index contributed by atoms with van der Waals surface area (Å²) in [6.07, 6.45) is 2.58. The lowest BCUT2D eigenvalue weighted by molar-refractivity contribution is 0.0607. The van der Waals surface area contributed by atoms with Crippen LogP contribution >= 0.6 is 11.3 Å². The number of methoxy groups -OCH3 is 1. The molecule has 0 amide bonds. The van der Waals surface area contributed by atoms with Crippen molar-refractivity contribution in [2.75, 3.05) is 18.2 Å². The van der Waals surface area contributed by atoms with Crippen LogP contribution in [0.5, 0.6) is 0 Å². The maximum absolute atomic E-state index is 11.4. The van der Waals surface area contributed by atoms with Gasteiger partial charge in [-0.1, -0.05) is 0 Å². The van der Waals surface area contributed by atoms with Crippen molar-refractivity contribution in [1.29, 1.82) is 0 Å². The average molecular weight is 240 g/mol. The molecule has 3 N–H and O–H groups in total. The van der Waals surface area contributed by atoms with Crippen LogP contribution in [0.15, 0.2) is 6.07 Å². The lowest BCUT2D eigenvalue weighted by atomic mass is 10.2. The van der Waals surface area contributed by atoms with Gasteiger partial charge >= 0.3 is 5.97 Å². The highest BCUT2D eigenvalue weighted by molar-refractivity contribution is 7.18. The molecular weight excluding hydrogens is 224 g/mol. The zero-order chi connectivity index (χ0) is 11.7. The first-order chi connectivity index (χ1) is 7.61. The lowest BCUT2D eigenvalue weighted by Gasteiger charge is -2.11. The molecule has 0 bridgehead atoms. The van der Waals surface area contributed by atoms with Crippen LogP contribution in [0, 0.1) is 5.92 Å². The molecule has 0 radical (unpaired) electrons. The molecule has 1 aliphatic rings. The average Bonchev–Trinajstić information content (AvgIpc) is 3.03. The molecule has 88 valence electrons. The number of carbonyl (C=O) groups is 1. The summed E-state index contributed by atoms with van der Waals surface area (Å²) in [6.45, 7) is 2.16. The number of thiophene rings is 1. The van der Waals surface area contributed by atoms with E-state index in [0.717, 1.165) is 10.9 Å². The van der Waals surface area contributed by atoms with Crippen LogP contribution in [0.3, 0.4) is 0 Å². The van der Waals surface area contributed by atoms with Crippen LogP contribution in [0.25, 0.3) is 0 Å². The van der Waals surface area contributed by atoms with Gasteiger partial charge in [0, 0.05) is 6.04 Å². The van der Waals surface area contributed by atoms with E-state index < -0.39 is 0 Å². The highest BCUT2D eigenvalue weighted by atomic mass is 32.1. The number of nitrogens with two attached hydrogens (primary N) is 1. The molecule has 1 aromatic rings. The summed E-state index contributed by atoms with van der Waals surface area (Å²) in [6, 6.07) is 2.25. The second-order valence-corrected chi connectivity index (χ2v) is 5.21. The largest absolute Gasteiger partial charge is 0.465 e. The fourth-order valence-corrected chi connectivity index (χ4v) is 2.66. The third kappa shape index (κ3) is 2.29. The summed E-state index contributed by atoms with van der Waals surface area (Å²) in [4.78, 5) is 11.8. The monoisotopic (exact) mass is 240 g/mol. The number of nitrogen functional groups attached to an aromatic ring is 1. The number of anilines is 2. The van der Waals surface area contributed by atoms with Gasteiger partial charge < -0.3 is 15.8 Å². The lowest BCUT2D eigenvalue weighted by Crippen LogP contribution is -2.16. The van der Waals surface area contributed by atoms with Gasteiger partial charge in [-0.05, 0) is 31.7 Å². The van der Waals surface area contributed by atoms with Gasteiger partial charge in [0.25, 0.3) is 0 Å². The summed E-state index contributed by atoms with van der Waals surface area (Å²) in [5, 5.41) is 4.32. The second kappa shape index (κ2) is 4.33. The Bertz CT molecular complexity index is 399. The highest BCUT2D eigenvalue weighted by Crippen LogP contribution is 2.36. The van der Waals surface area contributed by atoms with E-state index in [9.17, 15) is 4.79 Å². The SMILES string of the molecule is COC(=O)c1sc(NC(C)C2CC2)cc1N. The molecule has 2 rings (SSSR count). The molecular formula is C11H16N2O2S. The van der Waals surface area contributed by atoms with Gasteiger partial charge in [0.1, 0.15) is 4.88 Å². The van der Waals surface area contributed by atoms with E-state index in [0.29, 0.717) is 16.6 Å². The molecule has 1 aliphatic carbocycles. The standard InChI is InChI=1S/C11H16N2O2S/c1-6(7-3-4-7)13-9-5-8(12)10(16-9)11(14)15-2/h5-7,13H,3-4,12H2,1-2H3. The first-order valence-electron chi connectivity index (χ1n) is 5.36. The molecule has 4 nitrogen and oxygen atoms in total. The Morgan fingerprint density at radius 1 is 1.69 bits per heavy atom. The van der Waals surface area contributed by atoms with Crippen molar-refractivity contribution in [1.82, 2.24) is 0 Å². The quantitative estimate of drug-likeness (QED) is 0.793. The molecule has 0 aromatic carbocycles. The van der Waals surface area contributed by atoms with Gasteiger partial charge in [-0.15, -0.1) is 11.3 Å². The minimum absolute atomic E-state index is 0.366. The Hall–Kier alpha value is -1.23. The van der Waals surface area contributed by atoms with Gasteiger partial charge in [-0.3, -0.25) is 0 Å². The molecule has 0 saturated heterocycles. The maximum Gasteiger partial charge on any atom is 0.350 e. The molecule has 1 aromatic heterocycles. The van der Waals surface area contributed by atoms with Gasteiger partial charge in [0.15, 0.2) is 0 Å². The van der Waals surface area contributed by atoms with Crippen molar-refractivity contribution in [2.45, 2.75) is 25.8 Å². The topological polar surface area (TPSA) is 64.3 Å². The van der Waals surface area contributed by atoms with Crippen LogP contribution in [0.4, 0.5) is 10.7 Å². The normalized spacial score (nSPS) is 16.9. The van der Waals surface area contributed by atoms with E-state index in [1.54, 1.807) is 6.07 Å². The van der Waals surface area contributed by atoms with E-state index >= 15 is 0 Å². The number of carbonyl (C=O) groups excluding carboxylic acids is 1. The molecule has 1 heterocycles. The van der Waals surface area contributed by atoms with Crippen LogP contribution in [-0.4, -0.2) is 19.1 Å². The molecule has 1 atom stereocenters. The van der Waals surface area contributed by atoms with Crippen molar-refractivity contribution >= 4 is 28.0 Å². The maximum atomic E-state index is 11.4. The summed E-state index contributed by atoms with van der Waals surface area (Å²) in [7, 11) is 1.36. The number of ether oxygens (including phenoxy) is 1. The Balaban J connectivity index is 2.07. The zero-order valence-electron chi connectivity index (χ0n) is 9.45. The summed E-state index contributed by atoms with van der Waals surface area (Å²) < 4.78 is 4.66. The van der Waals surface area contributed by atoms with Crippen molar-refractivity contribution in [3.63, 3.8) is 0 Å². The van der Waals surface area contributed by atoms with E-state index in [2.05, 4.69) is 17.0 Å². The highest BCUT2D eigenvalue weighted by Gasteiger charge is 2.28. The number of hydrogen-bond donors (Lipinski definition) is 2. The minimum atomic E-state index is -0.366. The first-order valence-corrected chi connectivity index (χ1v) is 6.17. The molecule has 5 heteroatoms. The van der Waals surface area contributed by atoms with Crippen molar-refractivity contribution in [2.24, 2.45) is 5.92 Å². The zero-order valence-corrected chi connectivity index (χ0v) is 10.3. The van der Waals surface area contributed by atoms with E-state index in [1.165, 1.54) is 31.3 Å². The molecule has 1 saturated carbocycles. The predicted molar refractivity (Wildman–Crippen MR) is 65.9 cm³/mol. The summed E-state index contributed by atoms with van der Waals surface area (Å²) >= 11 is 1.36. The smallest absolute Gasteiger partial charge is 0.350 e. The van der Waals surface area contributed by atoms with Gasteiger partial charge in [0.2, 0.25) is 0 Å². The van der Waals surface area contributed by atoms with Gasteiger partial charge in [-0.25, -0.2) is 4.79 Å².